The fraction of sp³-hybridized carbons (Fsp3) is 0.571. The van der Waals surface area contributed by atoms with Crippen LogP contribution in [0.25, 0.3) is 0 Å². The number of nitrogens with one attached hydrogen (secondary N) is 1. The Morgan fingerprint density at radius 2 is 2.00 bits per heavy atom. The highest BCUT2D eigenvalue weighted by molar-refractivity contribution is 5.38. The van der Waals surface area contributed by atoms with Gasteiger partial charge in [-0.2, -0.15) is 0 Å². The molecule has 18 heavy (non-hydrogen) atoms. The lowest BCUT2D eigenvalue weighted by Crippen LogP contribution is -2.19. The van der Waals surface area contributed by atoms with Crippen molar-refractivity contribution >= 4 is 0 Å². The molecule has 0 aromatic heterocycles. The lowest BCUT2D eigenvalue weighted by molar-refractivity contribution is 0.125. The number of hydrogen-bond donors (Lipinski definition) is 3. The molecule has 0 saturated carbocycles. The smallest absolute Gasteiger partial charge is 0.123 e. The number of phenols is 2. The molecule has 0 fully saturated rings. The Hall–Kier alpha value is -1.26. The Morgan fingerprint density at radius 1 is 1.22 bits per heavy atom. The summed E-state index contributed by atoms with van der Waals surface area (Å²) in [6.45, 7) is 7.14. The van der Waals surface area contributed by atoms with Crippen molar-refractivity contribution in [2.24, 2.45) is 5.92 Å². The van der Waals surface area contributed by atoms with Crippen LogP contribution in [0.3, 0.4) is 0 Å². The van der Waals surface area contributed by atoms with Crippen LogP contribution in [0, 0.1) is 5.92 Å². The minimum Gasteiger partial charge on any atom is -0.508 e. The van der Waals surface area contributed by atoms with Crippen LogP contribution in [0.2, 0.25) is 0 Å². The first-order valence-corrected chi connectivity index (χ1v) is 6.39. The number of ether oxygens (including phenoxy) is 1. The van der Waals surface area contributed by atoms with Crippen molar-refractivity contribution in [2.75, 3.05) is 19.8 Å². The highest BCUT2D eigenvalue weighted by atomic mass is 16.5. The molecule has 3 N–H and O–H groups in total. The Morgan fingerprint density at radius 3 is 2.67 bits per heavy atom. The van der Waals surface area contributed by atoms with Crippen molar-refractivity contribution in [1.29, 1.82) is 0 Å². The van der Waals surface area contributed by atoms with Gasteiger partial charge >= 0.3 is 0 Å². The van der Waals surface area contributed by atoms with Crippen LogP contribution >= 0.6 is 0 Å². The van der Waals surface area contributed by atoms with Crippen molar-refractivity contribution in [3.05, 3.63) is 23.8 Å². The van der Waals surface area contributed by atoms with E-state index in [1.807, 2.05) is 0 Å². The third-order valence-corrected chi connectivity index (χ3v) is 2.65. The van der Waals surface area contributed by atoms with Crippen molar-refractivity contribution in [3.8, 4) is 11.5 Å². The molecular formula is C14H23NO3. The first kappa shape index (κ1) is 14.8. The number of phenolic OH excluding ortho intramolecular Hbond substituents is 2. The molecule has 0 heterocycles. The number of hydrogen-bond acceptors (Lipinski definition) is 4. The summed E-state index contributed by atoms with van der Waals surface area (Å²) in [7, 11) is 0. The summed E-state index contributed by atoms with van der Waals surface area (Å²) in [5.41, 5.74) is 0.773. The molecule has 0 atom stereocenters. The van der Waals surface area contributed by atoms with Crippen LogP contribution in [0.4, 0.5) is 0 Å². The van der Waals surface area contributed by atoms with E-state index in [9.17, 15) is 5.11 Å². The van der Waals surface area contributed by atoms with Gasteiger partial charge in [0.15, 0.2) is 0 Å². The summed E-state index contributed by atoms with van der Waals surface area (Å²) in [5.74, 6) is 0.864. The van der Waals surface area contributed by atoms with Crippen LogP contribution in [-0.2, 0) is 11.3 Å². The van der Waals surface area contributed by atoms with Crippen LogP contribution in [0.1, 0.15) is 25.8 Å². The molecule has 0 saturated heterocycles. The minimum atomic E-state index is 0.0771. The average molecular weight is 253 g/mol. The minimum absolute atomic E-state index is 0.0771. The van der Waals surface area contributed by atoms with Gasteiger partial charge in [0.1, 0.15) is 11.5 Å². The van der Waals surface area contributed by atoms with E-state index in [-0.39, 0.29) is 11.5 Å². The summed E-state index contributed by atoms with van der Waals surface area (Å²) in [6, 6.07) is 4.61. The summed E-state index contributed by atoms with van der Waals surface area (Å²) in [6.07, 6.45) is 1.08. The molecule has 1 aromatic rings. The van der Waals surface area contributed by atoms with E-state index in [1.165, 1.54) is 6.07 Å². The molecule has 0 radical (unpaired) electrons. The molecular weight excluding hydrogens is 230 g/mol. The van der Waals surface area contributed by atoms with E-state index in [4.69, 9.17) is 9.84 Å². The first-order valence-electron chi connectivity index (χ1n) is 6.39. The van der Waals surface area contributed by atoms with Crippen LogP contribution in [0.5, 0.6) is 11.5 Å². The predicted molar refractivity (Wildman–Crippen MR) is 71.8 cm³/mol. The molecule has 0 spiro atoms. The molecule has 0 unspecified atom stereocenters. The van der Waals surface area contributed by atoms with E-state index in [0.29, 0.717) is 19.1 Å². The van der Waals surface area contributed by atoms with Gasteiger partial charge in [-0.25, -0.2) is 0 Å². The van der Waals surface area contributed by atoms with Gasteiger partial charge in [-0.3, -0.25) is 0 Å². The largest absolute Gasteiger partial charge is 0.508 e. The molecule has 4 heteroatoms. The fourth-order valence-corrected chi connectivity index (χ4v) is 1.49. The van der Waals surface area contributed by atoms with Crippen LogP contribution in [0.15, 0.2) is 18.2 Å². The van der Waals surface area contributed by atoms with Gasteiger partial charge in [-0.15, -0.1) is 0 Å². The highest BCUT2D eigenvalue weighted by Crippen LogP contribution is 2.21. The SMILES string of the molecule is CC(C)CCOCCNCc1ccc(O)cc1O. The topological polar surface area (TPSA) is 61.7 Å². The quantitative estimate of drug-likeness (QED) is 0.622. The van der Waals surface area contributed by atoms with Gasteiger partial charge in [-0.1, -0.05) is 19.9 Å². The standard InChI is InChI=1S/C14H23NO3/c1-11(2)5-7-18-8-6-15-10-12-3-4-13(16)9-14(12)17/h3-4,9,11,15-17H,5-8,10H2,1-2H3. The molecule has 0 aliphatic heterocycles. The van der Waals surface area contributed by atoms with Crippen LogP contribution < -0.4 is 5.32 Å². The lowest BCUT2D eigenvalue weighted by atomic mass is 10.1. The predicted octanol–water partition coefficient (Wildman–Crippen LogP) is 2.25. The second kappa shape index (κ2) is 7.95. The van der Waals surface area contributed by atoms with Crippen molar-refractivity contribution in [3.63, 3.8) is 0 Å². The zero-order valence-corrected chi connectivity index (χ0v) is 11.1. The Labute approximate surface area is 109 Å². The van der Waals surface area contributed by atoms with E-state index in [0.717, 1.165) is 25.1 Å². The zero-order chi connectivity index (χ0) is 13.4. The van der Waals surface area contributed by atoms with Gasteiger partial charge in [0.2, 0.25) is 0 Å². The number of benzene rings is 1. The molecule has 0 amide bonds. The third-order valence-electron chi connectivity index (χ3n) is 2.65. The molecule has 1 rings (SSSR count). The monoisotopic (exact) mass is 253 g/mol. The average Bonchev–Trinajstić information content (AvgIpc) is 2.30. The van der Waals surface area contributed by atoms with Gasteiger partial charge in [-0.05, 0) is 18.4 Å². The number of rotatable bonds is 8. The second-order valence-corrected chi connectivity index (χ2v) is 4.78. The zero-order valence-electron chi connectivity index (χ0n) is 11.1. The highest BCUT2D eigenvalue weighted by Gasteiger charge is 2.01. The molecule has 102 valence electrons. The van der Waals surface area contributed by atoms with E-state index < -0.39 is 0 Å². The first-order chi connectivity index (χ1) is 8.59. The van der Waals surface area contributed by atoms with Gasteiger partial charge in [0, 0.05) is 31.3 Å². The maximum absolute atomic E-state index is 9.56. The van der Waals surface area contributed by atoms with E-state index in [1.54, 1.807) is 12.1 Å². The molecule has 1 aromatic carbocycles. The molecule has 0 aliphatic rings. The summed E-state index contributed by atoms with van der Waals surface area (Å²) in [4.78, 5) is 0. The van der Waals surface area contributed by atoms with Gasteiger partial charge in [0.05, 0.1) is 6.61 Å². The van der Waals surface area contributed by atoms with Crippen molar-refractivity contribution in [2.45, 2.75) is 26.8 Å². The van der Waals surface area contributed by atoms with Crippen LogP contribution in [-0.4, -0.2) is 30.0 Å². The maximum Gasteiger partial charge on any atom is 0.123 e. The van der Waals surface area contributed by atoms with Crippen molar-refractivity contribution < 1.29 is 14.9 Å². The number of aromatic hydroxyl groups is 2. The lowest BCUT2D eigenvalue weighted by Gasteiger charge is -2.08. The van der Waals surface area contributed by atoms with Crippen molar-refractivity contribution in [1.82, 2.24) is 5.32 Å². The summed E-state index contributed by atoms with van der Waals surface area (Å²) >= 11 is 0. The third kappa shape index (κ3) is 5.89. The summed E-state index contributed by atoms with van der Waals surface area (Å²) in [5, 5.41) is 21.9. The Balaban J connectivity index is 2.11. The molecule has 4 nitrogen and oxygen atoms in total. The summed E-state index contributed by atoms with van der Waals surface area (Å²) < 4.78 is 5.47. The Bertz CT molecular complexity index is 353. The van der Waals surface area contributed by atoms with E-state index in [2.05, 4.69) is 19.2 Å². The molecule has 0 bridgehead atoms. The second-order valence-electron chi connectivity index (χ2n) is 4.78. The Kier molecular flexibility index (Phi) is 6.54. The maximum atomic E-state index is 9.56. The van der Waals surface area contributed by atoms with Gasteiger partial charge in [0.25, 0.3) is 0 Å². The van der Waals surface area contributed by atoms with Gasteiger partial charge < -0.3 is 20.3 Å². The fourth-order valence-electron chi connectivity index (χ4n) is 1.49. The molecule has 0 aliphatic carbocycles. The normalized spacial score (nSPS) is 11.1. The van der Waals surface area contributed by atoms with E-state index >= 15 is 0 Å².